The first-order valence-corrected chi connectivity index (χ1v) is 6.14. The van der Waals surface area contributed by atoms with Gasteiger partial charge in [0, 0.05) is 6.04 Å². The molecule has 0 amide bonds. The van der Waals surface area contributed by atoms with Gasteiger partial charge < -0.3 is 5.11 Å². The maximum Gasteiger partial charge on any atom is 0.356 e. The summed E-state index contributed by atoms with van der Waals surface area (Å²) in [6.45, 7) is 5.42. The number of likely N-dealkylation sites (tertiary alicyclic amines) is 1. The summed E-state index contributed by atoms with van der Waals surface area (Å²) in [5, 5.41) is 15.6. The number of hydrogen-bond acceptors (Lipinski definition) is 3. The van der Waals surface area contributed by atoms with Gasteiger partial charge in [-0.2, -0.15) is 5.10 Å². The molecular weight excluding hydrogens is 218 g/mol. The fourth-order valence-corrected chi connectivity index (χ4v) is 2.52. The number of rotatable bonds is 3. The summed E-state index contributed by atoms with van der Waals surface area (Å²) in [5.74, 6) is -0.973. The molecule has 17 heavy (non-hydrogen) atoms. The Labute approximate surface area is 101 Å². The average molecular weight is 237 g/mol. The van der Waals surface area contributed by atoms with Crippen LogP contribution in [-0.4, -0.2) is 38.8 Å². The number of nitrogens with one attached hydrogen (secondary N) is 1. The molecule has 1 saturated heterocycles. The Morgan fingerprint density at radius 3 is 2.94 bits per heavy atom. The van der Waals surface area contributed by atoms with E-state index in [0.717, 1.165) is 18.7 Å². The minimum atomic E-state index is -0.973. The van der Waals surface area contributed by atoms with Crippen LogP contribution in [-0.2, 0) is 0 Å². The summed E-state index contributed by atoms with van der Waals surface area (Å²) >= 11 is 0. The van der Waals surface area contributed by atoms with Crippen LogP contribution >= 0.6 is 0 Å². The van der Waals surface area contributed by atoms with Crippen molar-refractivity contribution in [3.05, 3.63) is 17.5 Å². The van der Waals surface area contributed by atoms with Crippen molar-refractivity contribution in [3.8, 4) is 0 Å². The third-order valence-corrected chi connectivity index (χ3v) is 3.38. The minimum absolute atomic E-state index is 0.106. The van der Waals surface area contributed by atoms with E-state index >= 15 is 0 Å². The molecule has 0 bridgehead atoms. The number of aromatic nitrogens is 2. The molecule has 1 aromatic rings. The molecule has 1 atom stereocenters. The SMILES string of the molecule is CC(C)N1CCCCC1c1cc(C(=O)O)n[nH]1. The summed E-state index contributed by atoms with van der Waals surface area (Å²) in [6, 6.07) is 2.41. The van der Waals surface area contributed by atoms with Gasteiger partial charge in [-0.25, -0.2) is 4.79 Å². The van der Waals surface area contributed by atoms with Crippen molar-refractivity contribution in [1.29, 1.82) is 0 Å². The molecule has 0 aliphatic carbocycles. The van der Waals surface area contributed by atoms with Crippen LogP contribution in [0, 0.1) is 0 Å². The molecule has 0 aromatic carbocycles. The maximum atomic E-state index is 10.8. The lowest BCUT2D eigenvalue weighted by molar-refractivity contribution is 0.0690. The van der Waals surface area contributed by atoms with E-state index in [9.17, 15) is 4.79 Å². The third kappa shape index (κ3) is 2.49. The Balaban J connectivity index is 2.20. The molecule has 1 aliphatic rings. The van der Waals surface area contributed by atoms with Gasteiger partial charge in [0.2, 0.25) is 0 Å². The van der Waals surface area contributed by atoms with Gasteiger partial charge in [0.15, 0.2) is 5.69 Å². The summed E-state index contributed by atoms with van der Waals surface area (Å²) in [7, 11) is 0. The number of carboxylic acid groups (broad SMARTS) is 1. The van der Waals surface area contributed by atoms with Crippen LogP contribution in [0.4, 0.5) is 0 Å². The molecule has 94 valence electrons. The van der Waals surface area contributed by atoms with Crippen LogP contribution in [0.1, 0.15) is 55.3 Å². The van der Waals surface area contributed by atoms with Gasteiger partial charge in [0.25, 0.3) is 0 Å². The van der Waals surface area contributed by atoms with E-state index in [1.54, 1.807) is 6.07 Å². The van der Waals surface area contributed by atoms with Crippen molar-refractivity contribution in [1.82, 2.24) is 15.1 Å². The zero-order valence-corrected chi connectivity index (χ0v) is 10.3. The second-order valence-electron chi connectivity index (χ2n) is 4.86. The summed E-state index contributed by atoms with van der Waals surface area (Å²) in [4.78, 5) is 13.2. The molecule has 1 unspecified atom stereocenters. The molecule has 5 nitrogen and oxygen atoms in total. The molecule has 2 heterocycles. The smallest absolute Gasteiger partial charge is 0.356 e. The van der Waals surface area contributed by atoms with Crippen LogP contribution in [0.5, 0.6) is 0 Å². The third-order valence-electron chi connectivity index (χ3n) is 3.38. The number of nitrogens with zero attached hydrogens (tertiary/aromatic N) is 2. The Morgan fingerprint density at radius 2 is 2.35 bits per heavy atom. The summed E-state index contributed by atoms with van der Waals surface area (Å²) < 4.78 is 0. The van der Waals surface area contributed by atoms with Crippen molar-refractivity contribution < 1.29 is 9.90 Å². The second-order valence-corrected chi connectivity index (χ2v) is 4.86. The van der Waals surface area contributed by atoms with Crippen molar-refractivity contribution >= 4 is 5.97 Å². The topological polar surface area (TPSA) is 69.2 Å². The van der Waals surface area contributed by atoms with Crippen LogP contribution in [0.25, 0.3) is 0 Å². The van der Waals surface area contributed by atoms with E-state index in [2.05, 4.69) is 28.9 Å². The molecule has 5 heteroatoms. The van der Waals surface area contributed by atoms with Gasteiger partial charge >= 0.3 is 5.97 Å². The zero-order valence-electron chi connectivity index (χ0n) is 10.3. The maximum absolute atomic E-state index is 10.8. The Kier molecular flexibility index (Phi) is 3.47. The van der Waals surface area contributed by atoms with E-state index in [1.807, 2.05) is 0 Å². The van der Waals surface area contributed by atoms with Crippen LogP contribution in [0.2, 0.25) is 0 Å². The van der Waals surface area contributed by atoms with E-state index in [0.29, 0.717) is 6.04 Å². The standard InChI is InChI=1S/C12H19N3O2/c1-8(2)15-6-4-3-5-11(15)9-7-10(12(16)17)14-13-9/h7-8,11H,3-6H2,1-2H3,(H,13,14)(H,16,17). The Bertz CT molecular complexity index is 400. The average Bonchev–Trinajstić information content (AvgIpc) is 2.78. The Morgan fingerprint density at radius 1 is 1.59 bits per heavy atom. The normalized spacial score (nSPS) is 21.9. The first-order valence-electron chi connectivity index (χ1n) is 6.14. The van der Waals surface area contributed by atoms with E-state index in [4.69, 9.17) is 5.11 Å². The first-order chi connectivity index (χ1) is 8.09. The predicted molar refractivity (Wildman–Crippen MR) is 64.0 cm³/mol. The fourth-order valence-electron chi connectivity index (χ4n) is 2.52. The van der Waals surface area contributed by atoms with Crippen molar-refractivity contribution in [3.63, 3.8) is 0 Å². The van der Waals surface area contributed by atoms with E-state index in [1.165, 1.54) is 12.8 Å². The van der Waals surface area contributed by atoms with Gasteiger partial charge in [-0.1, -0.05) is 6.42 Å². The molecule has 0 spiro atoms. The van der Waals surface area contributed by atoms with E-state index in [-0.39, 0.29) is 11.7 Å². The van der Waals surface area contributed by atoms with Crippen LogP contribution < -0.4 is 0 Å². The number of hydrogen-bond donors (Lipinski definition) is 2. The number of H-pyrrole nitrogens is 1. The highest BCUT2D eigenvalue weighted by Crippen LogP contribution is 2.31. The lowest BCUT2D eigenvalue weighted by Gasteiger charge is -2.37. The molecule has 1 aliphatic heterocycles. The molecule has 0 radical (unpaired) electrons. The highest BCUT2D eigenvalue weighted by Gasteiger charge is 2.27. The minimum Gasteiger partial charge on any atom is -0.476 e. The lowest BCUT2D eigenvalue weighted by atomic mass is 9.97. The predicted octanol–water partition coefficient (Wildman–Crippen LogP) is 2.04. The molecular formula is C12H19N3O2. The number of piperidine rings is 1. The largest absolute Gasteiger partial charge is 0.476 e. The summed E-state index contributed by atoms with van der Waals surface area (Å²) in [5.41, 5.74) is 1.03. The number of aromatic carboxylic acids is 1. The van der Waals surface area contributed by atoms with Crippen molar-refractivity contribution in [2.45, 2.75) is 45.2 Å². The number of aromatic amines is 1. The molecule has 1 fully saturated rings. The lowest BCUT2D eigenvalue weighted by Crippen LogP contribution is -2.38. The fraction of sp³-hybridized carbons (Fsp3) is 0.667. The quantitative estimate of drug-likeness (QED) is 0.844. The highest BCUT2D eigenvalue weighted by atomic mass is 16.4. The van der Waals surface area contributed by atoms with Gasteiger partial charge in [-0.15, -0.1) is 0 Å². The van der Waals surface area contributed by atoms with Crippen molar-refractivity contribution in [2.24, 2.45) is 0 Å². The van der Waals surface area contributed by atoms with E-state index < -0.39 is 5.97 Å². The van der Waals surface area contributed by atoms with Gasteiger partial charge in [0.1, 0.15) is 0 Å². The van der Waals surface area contributed by atoms with Crippen LogP contribution in [0.15, 0.2) is 6.07 Å². The van der Waals surface area contributed by atoms with Gasteiger partial charge in [-0.3, -0.25) is 10.00 Å². The zero-order chi connectivity index (χ0) is 12.4. The monoisotopic (exact) mass is 237 g/mol. The first kappa shape index (κ1) is 12.1. The number of carboxylic acids is 1. The van der Waals surface area contributed by atoms with Crippen LogP contribution in [0.3, 0.4) is 0 Å². The van der Waals surface area contributed by atoms with Gasteiger partial charge in [0.05, 0.1) is 11.7 Å². The van der Waals surface area contributed by atoms with Crippen molar-refractivity contribution in [2.75, 3.05) is 6.54 Å². The summed E-state index contributed by atoms with van der Waals surface area (Å²) in [6.07, 6.45) is 3.48. The molecule has 1 aromatic heterocycles. The second kappa shape index (κ2) is 4.87. The molecule has 0 saturated carbocycles. The van der Waals surface area contributed by atoms with Gasteiger partial charge in [-0.05, 0) is 39.3 Å². The highest BCUT2D eigenvalue weighted by molar-refractivity contribution is 5.85. The number of carbonyl (C=O) groups is 1. The molecule has 2 N–H and O–H groups in total. The Hall–Kier alpha value is -1.36. The molecule has 2 rings (SSSR count).